The molecule has 132 valence electrons. The lowest BCUT2D eigenvalue weighted by Crippen LogP contribution is -2.39. The molecular weight excluding hydrogens is 348 g/mol. The van der Waals surface area contributed by atoms with Gasteiger partial charge in [0.1, 0.15) is 6.54 Å². The summed E-state index contributed by atoms with van der Waals surface area (Å²) in [7, 11) is -7.24. The minimum absolute atomic E-state index is 0.0909. The van der Waals surface area contributed by atoms with E-state index < -0.39 is 36.9 Å². The molecule has 2 rings (SSSR count). The number of rotatable bonds is 7. The van der Waals surface area contributed by atoms with Crippen LogP contribution >= 0.6 is 0 Å². The topological polar surface area (TPSA) is 147 Å². The van der Waals surface area contributed by atoms with Gasteiger partial charge in [-0.2, -0.15) is 0 Å². The molecule has 0 saturated carbocycles. The largest absolute Gasteiger partial charge is 0.488 e. The lowest BCUT2D eigenvalue weighted by Gasteiger charge is -2.26. The van der Waals surface area contributed by atoms with E-state index in [4.69, 9.17) is 5.11 Å². The number of carbonyl (C=O) groups is 1. The summed E-state index contributed by atoms with van der Waals surface area (Å²) in [4.78, 5) is 11.2. The molecule has 0 spiro atoms. The molecule has 0 fully saturated rings. The van der Waals surface area contributed by atoms with Gasteiger partial charge in [0.15, 0.2) is 0 Å². The summed E-state index contributed by atoms with van der Waals surface area (Å²) in [5, 5.41) is 46.1. The molecule has 0 aliphatic carbocycles. The number of hydrogen-bond acceptors (Lipinski definition) is 6. The van der Waals surface area contributed by atoms with Gasteiger partial charge in [0, 0.05) is 9.79 Å². The van der Waals surface area contributed by atoms with Crippen LogP contribution in [0.4, 0.5) is 0 Å². The highest BCUT2D eigenvalue weighted by molar-refractivity contribution is 8.01. The first-order valence-corrected chi connectivity index (χ1v) is 8.95. The maximum absolute atomic E-state index is 13.6. The van der Waals surface area contributed by atoms with Gasteiger partial charge in [-0.15, -0.1) is 0 Å². The van der Waals surface area contributed by atoms with Crippen LogP contribution < -0.4 is 15.6 Å². The number of aliphatic carboxylic acids is 1. The van der Waals surface area contributed by atoms with E-state index in [1.165, 1.54) is 48.5 Å². The Morgan fingerprint density at radius 3 is 1.72 bits per heavy atom. The monoisotopic (exact) mass is 365 g/mol. The van der Waals surface area contributed by atoms with Gasteiger partial charge in [-0.05, 0) is 45.3 Å². The fourth-order valence-corrected chi connectivity index (χ4v) is 4.55. The predicted molar refractivity (Wildman–Crippen MR) is 94.2 cm³/mol. The van der Waals surface area contributed by atoms with Crippen molar-refractivity contribution in [3.05, 3.63) is 48.5 Å². The number of carboxylic acids is 1. The first-order valence-electron chi connectivity index (χ1n) is 7.24. The molecule has 0 aromatic heterocycles. The van der Waals surface area contributed by atoms with Gasteiger partial charge < -0.3 is 25.2 Å². The van der Waals surface area contributed by atoms with Crippen molar-refractivity contribution < 1.29 is 34.2 Å². The summed E-state index contributed by atoms with van der Waals surface area (Å²) < 4.78 is 16.1. The molecule has 0 saturated heterocycles. The summed E-state index contributed by atoms with van der Waals surface area (Å²) in [6.45, 7) is -0.602. The average Bonchev–Trinajstić information content (AvgIpc) is 2.59. The summed E-state index contributed by atoms with van der Waals surface area (Å²) in [6, 6.07) is 11.3. The van der Waals surface area contributed by atoms with Crippen molar-refractivity contribution in [2.24, 2.45) is 0 Å². The molecule has 2 aromatic carbocycles. The Bertz CT molecular complexity index is 760. The van der Waals surface area contributed by atoms with Crippen LogP contribution in [0.5, 0.6) is 0 Å². The van der Waals surface area contributed by atoms with E-state index in [1.807, 2.05) is 0 Å². The zero-order valence-corrected chi connectivity index (χ0v) is 13.9. The number of carboxylic acid groups (broad SMARTS) is 1. The van der Waals surface area contributed by atoms with Crippen molar-refractivity contribution in [2.75, 3.05) is 6.54 Å². The van der Waals surface area contributed by atoms with Crippen molar-refractivity contribution >= 4 is 41.3 Å². The third kappa shape index (κ3) is 4.54. The highest BCUT2D eigenvalue weighted by atomic mass is 32.3. The average molecular weight is 365 g/mol. The van der Waals surface area contributed by atoms with Gasteiger partial charge in [0.25, 0.3) is 0 Å². The van der Waals surface area contributed by atoms with Crippen molar-refractivity contribution in [1.82, 2.24) is 4.72 Å². The summed E-state index contributed by atoms with van der Waals surface area (Å²) in [6.07, 6.45) is 0. The summed E-state index contributed by atoms with van der Waals surface area (Å²) >= 11 is 0. The van der Waals surface area contributed by atoms with E-state index in [9.17, 15) is 29.1 Å². The van der Waals surface area contributed by atoms with Gasteiger partial charge in [-0.25, -0.2) is 4.72 Å². The lowest BCUT2D eigenvalue weighted by atomic mass is 9.80. The smallest absolute Gasteiger partial charge is 0.480 e. The minimum Gasteiger partial charge on any atom is -0.480 e. The third-order valence-corrected chi connectivity index (χ3v) is 6.13. The van der Waals surface area contributed by atoms with E-state index in [2.05, 4.69) is 4.72 Å². The molecule has 0 unspecified atom stereocenters. The standard InChI is InChI=1S/C14H17B2NO7S/c18-14(19)9-17-25(24,12-5-1-3-10(7-12)15(20)21)13-6-2-4-11(8-13)16(22)23/h1-8,20-23,25H,9H2,(H,17,24)(H,18,19). The van der Waals surface area contributed by atoms with Crippen LogP contribution in [-0.4, -0.2) is 56.2 Å². The highest BCUT2D eigenvalue weighted by Crippen LogP contribution is 2.24. The summed E-state index contributed by atoms with van der Waals surface area (Å²) in [5.41, 5.74) is 0.182. The van der Waals surface area contributed by atoms with Gasteiger partial charge in [0.2, 0.25) is 0 Å². The van der Waals surface area contributed by atoms with Gasteiger partial charge in [-0.3, -0.25) is 9.00 Å². The van der Waals surface area contributed by atoms with E-state index in [1.54, 1.807) is 0 Å². The summed E-state index contributed by atoms with van der Waals surface area (Å²) in [5.74, 6) is -1.23. The van der Waals surface area contributed by atoms with Crippen molar-refractivity contribution in [2.45, 2.75) is 9.79 Å². The van der Waals surface area contributed by atoms with E-state index in [0.717, 1.165) is 0 Å². The van der Waals surface area contributed by atoms with E-state index >= 15 is 0 Å². The molecular formula is C14H17B2NO7S. The fraction of sp³-hybridized carbons (Fsp3) is 0.0714. The Hall–Kier alpha value is -2.01. The second-order valence-electron chi connectivity index (χ2n) is 5.28. The highest BCUT2D eigenvalue weighted by Gasteiger charge is 2.24. The fourth-order valence-electron chi connectivity index (χ4n) is 2.27. The quantitative estimate of drug-likeness (QED) is 0.205. The second kappa shape index (κ2) is 7.91. The van der Waals surface area contributed by atoms with Gasteiger partial charge in [-0.1, -0.05) is 24.3 Å². The molecule has 0 radical (unpaired) electrons. The lowest BCUT2D eigenvalue weighted by molar-refractivity contribution is -0.135. The first kappa shape index (κ1) is 19.3. The third-order valence-electron chi connectivity index (χ3n) is 3.52. The van der Waals surface area contributed by atoms with Crippen LogP contribution in [0.2, 0.25) is 0 Å². The van der Waals surface area contributed by atoms with Gasteiger partial charge >= 0.3 is 20.2 Å². The number of hydrogen-bond donors (Lipinski definition) is 7. The van der Waals surface area contributed by atoms with E-state index in [-0.39, 0.29) is 20.7 Å². The van der Waals surface area contributed by atoms with Crippen LogP contribution in [-0.2, 0) is 14.9 Å². The SMILES string of the molecule is O=C(O)CN[SH](=O)(c1cccc(B(O)O)c1)c1cccc(B(O)O)c1. The minimum atomic E-state index is -3.69. The Balaban J connectivity index is 2.58. The molecule has 0 atom stereocenters. The molecule has 0 amide bonds. The van der Waals surface area contributed by atoms with Crippen molar-refractivity contribution in [3.8, 4) is 0 Å². The van der Waals surface area contributed by atoms with Crippen LogP contribution in [0.1, 0.15) is 0 Å². The molecule has 8 nitrogen and oxygen atoms in total. The number of thiol groups is 1. The molecule has 0 aliphatic rings. The molecule has 2 aromatic rings. The maximum atomic E-state index is 13.6. The van der Waals surface area contributed by atoms with Gasteiger partial charge in [0.05, 0.1) is 0 Å². The molecule has 11 heteroatoms. The van der Waals surface area contributed by atoms with Crippen LogP contribution in [0.3, 0.4) is 0 Å². The maximum Gasteiger partial charge on any atom is 0.488 e. The predicted octanol–water partition coefficient (Wildman–Crippen LogP) is -2.93. The second-order valence-corrected chi connectivity index (χ2v) is 7.84. The number of benzene rings is 2. The Kier molecular flexibility index (Phi) is 6.11. The molecule has 6 N–H and O–H groups in total. The van der Waals surface area contributed by atoms with E-state index in [0.29, 0.717) is 0 Å². The zero-order chi connectivity index (χ0) is 18.6. The Morgan fingerprint density at radius 1 is 0.920 bits per heavy atom. The van der Waals surface area contributed by atoms with Crippen LogP contribution in [0.25, 0.3) is 0 Å². The molecule has 0 bridgehead atoms. The van der Waals surface area contributed by atoms with Crippen molar-refractivity contribution in [1.29, 1.82) is 0 Å². The zero-order valence-electron chi connectivity index (χ0n) is 13.0. The normalized spacial score (nSPS) is 11.8. The first-order chi connectivity index (χ1) is 11.7. The molecule has 0 heterocycles. The van der Waals surface area contributed by atoms with Crippen LogP contribution in [0, 0.1) is 0 Å². The van der Waals surface area contributed by atoms with Crippen molar-refractivity contribution in [3.63, 3.8) is 0 Å². The van der Waals surface area contributed by atoms with Crippen LogP contribution in [0.15, 0.2) is 58.3 Å². The molecule has 25 heavy (non-hydrogen) atoms. The Morgan fingerprint density at radius 2 is 1.36 bits per heavy atom. The molecule has 0 aliphatic heterocycles. The number of nitrogens with one attached hydrogen (secondary N) is 1. The Labute approximate surface area is 145 Å².